The van der Waals surface area contributed by atoms with Crippen molar-refractivity contribution in [3.8, 4) is 0 Å². The van der Waals surface area contributed by atoms with E-state index in [1.54, 1.807) is 4.68 Å². The van der Waals surface area contributed by atoms with Crippen molar-refractivity contribution in [2.24, 2.45) is 18.4 Å². The third-order valence-corrected chi connectivity index (χ3v) is 4.26. The highest BCUT2D eigenvalue weighted by Crippen LogP contribution is 2.48. The summed E-state index contributed by atoms with van der Waals surface area (Å²) in [7, 11) is 3.95. The molecule has 18 heavy (non-hydrogen) atoms. The van der Waals surface area contributed by atoms with Crippen molar-refractivity contribution >= 4 is 0 Å². The Bertz CT molecular complexity index is 415. The topological polar surface area (TPSA) is 52.0 Å². The molecule has 0 spiro atoms. The first kappa shape index (κ1) is 12.1. The monoisotopic (exact) mass is 250 g/mol. The molecular weight excluding hydrogens is 228 g/mol. The zero-order chi connectivity index (χ0) is 12.6. The normalized spacial score (nSPS) is 32.0. The summed E-state index contributed by atoms with van der Waals surface area (Å²) in [6, 6.07) is 0. The van der Waals surface area contributed by atoms with Crippen molar-refractivity contribution in [1.82, 2.24) is 20.3 Å². The summed E-state index contributed by atoms with van der Waals surface area (Å²) < 4.78 is 7.81. The molecule has 1 aromatic rings. The number of ether oxygens (including phenoxy) is 1. The summed E-state index contributed by atoms with van der Waals surface area (Å²) in [6.45, 7) is 1.90. The van der Waals surface area contributed by atoms with Crippen LogP contribution in [0.5, 0.6) is 0 Å². The molecule has 2 aliphatic rings. The van der Waals surface area contributed by atoms with E-state index in [1.165, 1.54) is 12.8 Å². The number of rotatable bonds is 5. The minimum absolute atomic E-state index is 0.214. The van der Waals surface area contributed by atoms with Crippen molar-refractivity contribution in [1.29, 1.82) is 0 Å². The molecule has 0 bridgehead atoms. The third kappa shape index (κ3) is 2.17. The molecule has 3 rings (SSSR count). The molecule has 0 radical (unpaired) electrons. The number of hydrogen-bond donors (Lipinski definition) is 1. The summed E-state index contributed by atoms with van der Waals surface area (Å²) >= 11 is 0. The van der Waals surface area contributed by atoms with Gasteiger partial charge in [0.2, 0.25) is 0 Å². The fourth-order valence-corrected chi connectivity index (χ4v) is 3.37. The molecule has 1 aromatic heterocycles. The van der Waals surface area contributed by atoms with E-state index in [-0.39, 0.29) is 5.41 Å². The standard InChI is InChI=1S/C13H22N4O/c1-14-9-13(7-11-8-17(2)16-15-11)5-6-18-12(13)10-3-4-10/h8,10,12,14H,3-7,9H2,1-2H3. The average molecular weight is 250 g/mol. The van der Waals surface area contributed by atoms with Crippen LogP contribution in [0.25, 0.3) is 0 Å². The number of aryl methyl sites for hydroxylation is 1. The molecular formula is C13H22N4O. The SMILES string of the molecule is CNCC1(Cc2cn(C)nn2)CCOC1C1CC1. The first-order chi connectivity index (χ1) is 8.73. The van der Waals surface area contributed by atoms with E-state index in [0.29, 0.717) is 6.10 Å². The summed E-state index contributed by atoms with van der Waals surface area (Å²) in [6.07, 6.45) is 7.20. The van der Waals surface area contributed by atoms with Crippen LogP contribution in [0.4, 0.5) is 0 Å². The Kier molecular flexibility index (Phi) is 3.11. The van der Waals surface area contributed by atoms with Gasteiger partial charge in [0.05, 0.1) is 11.8 Å². The van der Waals surface area contributed by atoms with Gasteiger partial charge in [0.1, 0.15) is 0 Å². The highest BCUT2D eigenvalue weighted by atomic mass is 16.5. The summed E-state index contributed by atoms with van der Waals surface area (Å²) in [5.41, 5.74) is 1.30. The molecule has 100 valence electrons. The summed E-state index contributed by atoms with van der Waals surface area (Å²) in [4.78, 5) is 0. The Hall–Kier alpha value is -0.940. The van der Waals surface area contributed by atoms with Gasteiger partial charge in [0.25, 0.3) is 0 Å². The lowest BCUT2D eigenvalue weighted by atomic mass is 9.75. The highest BCUT2D eigenvalue weighted by molar-refractivity contribution is 5.07. The maximum absolute atomic E-state index is 6.03. The number of nitrogens with one attached hydrogen (secondary N) is 1. The molecule has 1 aliphatic carbocycles. The van der Waals surface area contributed by atoms with Gasteiger partial charge >= 0.3 is 0 Å². The molecule has 2 heterocycles. The van der Waals surface area contributed by atoms with E-state index in [9.17, 15) is 0 Å². The van der Waals surface area contributed by atoms with Gasteiger partial charge in [-0.05, 0) is 32.2 Å². The van der Waals surface area contributed by atoms with E-state index in [0.717, 1.165) is 37.6 Å². The zero-order valence-electron chi connectivity index (χ0n) is 11.2. The molecule has 1 aliphatic heterocycles. The molecule has 0 amide bonds. The van der Waals surface area contributed by atoms with Crippen molar-refractivity contribution in [3.63, 3.8) is 0 Å². The van der Waals surface area contributed by atoms with E-state index >= 15 is 0 Å². The molecule has 5 heteroatoms. The van der Waals surface area contributed by atoms with Crippen molar-refractivity contribution < 1.29 is 4.74 Å². The third-order valence-electron chi connectivity index (χ3n) is 4.26. The van der Waals surface area contributed by atoms with Gasteiger partial charge in [0, 0.05) is 38.2 Å². The van der Waals surface area contributed by atoms with Gasteiger partial charge in [-0.25, -0.2) is 0 Å². The Morgan fingerprint density at radius 3 is 3.00 bits per heavy atom. The van der Waals surface area contributed by atoms with Crippen molar-refractivity contribution in [2.45, 2.75) is 31.8 Å². The minimum atomic E-state index is 0.214. The first-order valence-electron chi connectivity index (χ1n) is 6.85. The highest BCUT2D eigenvalue weighted by Gasteiger charge is 2.50. The maximum atomic E-state index is 6.03. The molecule has 5 nitrogen and oxygen atoms in total. The van der Waals surface area contributed by atoms with E-state index < -0.39 is 0 Å². The minimum Gasteiger partial charge on any atom is -0.377 e. The van der Waals surface area contributed by atoms with Crippen LogP contribution < -0.4 is 5.32 Å². The van der Waals surface area contributed by atoms with E-state index in [2.05, 4.69) is 15.6 Å². The Morgan fingerprint density at radius 2 is 2.39 bits per heavy atom. The van der Waals surface area contributed by atoms with Crippen LogP contribution >= 0.6 is 0 Å². The predicted octanol–water partition coefficient (Wildman–Crippen LogP) is 0.762. The predicted molar refractivity (Wildman–Crippen MR) is 68.1 cm³/mol. The average Bonchev–Trinajstić information content (AvgIpc) is 2.98. The molecule has 2 fully saturated rings. The van der Waals surface area contributed by atoms with Gasteiger partial charge in [-0.3, -0.25) is 4.68 Å². The number of hydrogen-bond acceptors (Lipinski definition) is 4. The van der Waals surface area contributed by atoms with Crippen LogP contribution in [-0.2, 0) is 18.2 Å². The lowest BCUT2D eigenvalue weighted by Gasteiger charge is -2.33. The van der Waals surface area contributed by atoms with Crippen LogP contribution in [0.15, 0.2) is 6.20 Å². The molecule has 1 saturated carbocycles. The van der Waals surface area contributed by atoms with Crippen LogP contribution in [-0.4, -0.2) is 41.3 Å². The van der Waals surface area contributed by atoms with Gasteiger partial charge in [0.15, 0.2) is 0 Å². The second-order valence-corrected chi connectivity index (χ2v) is 5.83. The van der Waals surface area contributed by atoms with Gasteiger partial charge in [-0.1, -0.05) is 5.21 Å². The van der Waals surface area contributed by atoms with Gasteiger partial charge < -0.3 is 10.1 Å². The van der Waals surface area contributed by atoms with E-state index in [4.69, 9.17) is 4.74 Å². The van der Waals surface area contributed by atoms with Crippen LogP contribution in [0.1, 0.15) is 25.0 Å². The van der Waals surface area contributed by atoms with Crippen LogP contribution in [0.2, 0.25) is 0 Å². The Morgan fingerprint density at radius 1 is 1.56 bits per heavy atom. The zero-order valence-corrected chi connectivity index (χ0v) is 11.2. The fraction of sp³-hybridized carbons (Fsp3) is 0.846. The second-order valence-electron chi connectivity index (χ2n) is 5.83. The number of nitrogens with zero attached hydrogens (tertiary/aromatic N) is 3. The quantitative estimate of drug-likeness (QED) is 0.838. The molecule has 1 N–H and O–H groups in total. The van der Waals surface area contributed by atoms with Gasteiger partial charge in [-0.2, -0.15) is 0 Å². The summed E-state index contributed by atoms with van der Waals surface area (Å²) in [5.74, 6) is 0.775. The Balaban J connectivity index is 1.81. The van der Waals surface area contributed by atoms with Crippen LogP contribution in [0.3, 0.4) is 0 Å². The fourth-order valence-electron chi connectivity index (χ4n) is 3.37. The molecule has 2 unspecified atom stereocenters. The maximum Gasteiger partial charge on any atom is 0.0834 e. The van der Waals surface area contributed by atoms with Crippen LogP contribution in [0, 0.1) is 11.3 Å². The molecule has 2 atom stereocenters. The largest absolute Gasteiger partial charge is 0.377 e. The molecule has 0 aromatic carbocycles. The molecule has 1 saturated heterocycles. The smallest absolute Gasteiger partial charge is 0.0834 e. The Labute approximate surface area is 108 Å². The lowest BCUT2D eigenvalue weighted by molar-refractivity contribution is 0.0310. The van der Waals surface area contributed by atoms with E-state index in [1.807, 2.05) is 20.3 Å². The van der Waals surface area contributed by atoms with Gasteiger partial charge in [-0.15, -0.1) is 5.10 Å². The number of aromatic nitrogens is 3. The second kappa shape index (κ2) is 4.63. The summed E-state index contributed by atoms with van der Waals surface area (Å²) in [5, 5.41) is 11.6. The van der Waals surface area contributed by atoms with Crippen molar-refractivity contribution in [3.05, 3.63) is 11.9 Å². The lowest BCUT2D eigenvalue weighted by Crippen LogP contribution is -2.42. The first-order valence-corrected chi connectivity index (χ1v) is 6.85. The van der Waals surface area contributed by atoms with Crippen molar-refractivity contribution in [2.75, 3.05) is 20.2 Å².